The van der Waals surface area contributed by atoms with Crippen molar-refractivity contribution in [1.82, 2.24) is 30.3 Å². The summed E-state index contributed by atoms with van der Waals surface area (Å²) in [7, 11) is 0. The number of benzene rings is 1. The summed E-state index contributed by atoms with van der Waals surface area (Å²) in [6.07, 6.45) is 3.94. The fourth-order valence-electron chi connectivity index (χ4n) is 4.61. The maximum atomic E-state index is 13.8. The van der Waals surface area contributed by atoms with E-state index in [0.717, 1.165) is 11.3 Å². The van der Waals surface area contributed by atoms with Crippen molar-refractivity contribution in [1.29, 1.82) is 0 Å². The first kappa shape index (κ1) is 29.4. The lowest BCUT2D eigenvalue weighted by atomic mass is 9.87. The lowest BCUT2D eigenvalue weighted by Crippen LogP contribution is -2.56. The van der Waals surface area contributed by atoms with Crippen molar-refractivity contribution in [2.75, 3.05) is 0 Å². The van der Waals surface area contributed by atoms with Crippen LogP contribution in [-0.2, 0) is 20.9 Å². The highest BCUT2D eigenvalue weighted by Gasteiger charge is 2.42. The summed E-state index contributed by atoms with van der Waals surface area (Å²) in [6, 6.07) is 3.69. The molecule has 3 amide bonds. The first-order chi connectivity index (χ1) is 17.6. The minimum absolute atomic E-state index is 0.155. The molecule has 2 aromatic rings. The Kier molecular flexibility index (Phi) is 9.07. The van der Waals surface area contributed by atoms with Gasteiger partial charge in [-0.1, -0.05) is 32.4 Å². The van der Waals surface area contributed by atoms with E-state index in [1.807, 2.05) is 33.8 Å². The van der Waals surface area contributed by atoms with Crippen molar-refractivity contribution in [3.05, 3.63) is 41.4 Å². The number of rotatable bonds is 7. The van der Waals surface area contributed by atoms with E-state index < -0.39 is 23.8 Å². The standard InChI is InChI=1S/C27H39ClN6O4/c1-17-8-10-22(23(35)30-14-18-12-19(28)9-11-21(18)33-16-29-15-31-33)34(17)24(36)20(13-26(2,3)4)32-25(37)38-27(5,6)7/h9,11-12,15-17,20,22H,8,10,13-14H2,1-7H3,(H,30,35)(H,32,37)/t17?,20-,22+/m1/s1. The number of nitrogens with zero attached hydrogens (tertiary/aromatic N) is 4. The van der Waals surface area contributed by atoms with Gasteiger partial charge in [-0.25, -0.2) is 14.5 Å². The molecule has 0 radical (unpaired) electrons. The molecule has 0 spiro atoms. The molecule has 38 heavy (non-hydrogen) atoms. The number of hydrogen-bond acceptors (Lipinski definition) is 6. The Bertz CT molecular complexity index is 1140. The van der Waals surface area contributed by atoms with Crippen LogP contribution < -0.4 is 10.6 Å². The molecule has 1 unspecified atom stereocenters. The van der Waals surface area contributed by atoms with Crippen LogP contribution in [0.4, 0.5) is 4.79 Å². The molecule has 10 nitrogen and oxygen atoms in total. The van der Waals surface area contributed by atoms with Gasteiger partial charge in [-0.15, -0.1) is 0 Å². The maximum Gasteiger partial charge on any atom is 0.408 e. The van der Waals surface area contributed by atoms with Crippen LogP contribution >= 0.6 is 11.6 Å². The third-order valence-electron chi connectivity index (χ3n) is 6.19. The normalized spacial score (nSPS) is 18.7. The van der Waals surface area contributed by atoms with E-state index in [-0.39, 0.29) is 29.8 Å². The highest BCUT2D eigenvalue weighted by molar-refractivity contribution is 6.30. The van der Waals surface area contributed by atoms with Gasteiger partial charge >= 0.3 is 6.09 Å². The van der Waals surface area contributed by atoms with Crippen LogP contribution in [-0.4, -0.2) is 61.3 Å². The molecule has 1 aromatic heterocycles. The van der Waals surface area contributed by atoms with Gasteiger partial charge in [0, 0.05) is 17.6 Å². The number of carbonyl (C=O) groups excluding carboxylic acids is 3. The summed E-state index contributed by atoms with van der Waals surface area (Å²) in [6.45, 7) is 13.4. The first-order valence-electron chi connectivity index (χ1n) is 12.9. The minimum atomic E-state index is -0.826. The molecule has 208 valence electrons. The van der Waals surface area contributed by atoms with Crippen LogP contribution in [0.1, 0.15) is 73.3 Å². The number of likely N-dealkylation sites (tertiary alicyclic amines) is 1. The van der Waals surface area contributed by atoms with Gasteiger partial charge in [-0.3, -0.25) is 9.59 Å². The van der Waals surface area contributed by atoms with Crippen molar-refractivity contribution in [2.24, 2.45) is 5.41 Å². The van der Waals surface area contributed by atoms with Crippen LogP contribution in [0.5, 0.6) is 0 Å². The van der Waals surface area contributed by atoms with Crippen LogP contribution in [0.2, 0.25) is 5.02 Å². The molecule has 0 bridgehead atoms. The predicted octanol–water partition coefficient (Wildman–Crippen LogP) is 4.25. The number of halogens is 1. The maximum absolute atomic E-state index is 13.8. The summed E-state index contributed by atoms with van der Waals surface area (Å²) in [5.41, 5.74) is 0.554. The lowest BCUT2D eigenvalue weighted by molar-refractivity contribution is -0.142. The van der Waals surface area contributed by atoms with Gasteiger partial charge in [0.05, 0.1) is 5.69 Å². The smallest absolute Gasteiger partial charge is 0.408 e. The number of aromatic nitrogens is 3. The number of alkyl carbamates (subject to hydrolysis) is 1. The molecule has 0 aliphatic carbocycles. The molecule has 2 N–H and O–H groups in total. The molecule has 1 saturated heterocycles. The van der Waals surface area contributed by atoms with Crippen molar-refractivity contribution in [2.45, 2.75) is 98.0 Å². The van der Waals surface area contributed by atoms with E-state index in [4.69, 9.17) is 16.3 Å². The summed E-state index contributed by atoms with van der Waals surface area (Å²) >= 11 is 6.22. The Morgan fingerprint density at radius 1 is 1.16 bits per heavy atom. The van der Waals surface area contributed by atoms with Crippen molar-refractivity contribution in [3.8, 4) is 5.69 Å². The van der Waals surface area contributed by atoms with Gasteiger partial charge in [0.1, 0.15) is 30.3 Å². The van der Waals surface area contributed by atoms with Crippen molar-refractivity contribution < 1.29 is 19.1 Å². The zero-order valence-electron chi connectivity index (χ0n) is 23.2. The summed E-state index contributed by atoms with van der Waals surface area (Å²) in [5, 5.41) is 10.4. The monoisotopic (exact) mass is 546 g/mol. The summed E-state index contributed by atoms with van der Waals surface area (Å²) in [5.74, 6) is -0.555. The Morgan fingerprint density at radius 2 is 1.87 bits per heavy atom. The summed E-state index contributed by atoms with van der Waals surface area (Å²) in [4.78, 5) is 45.4. The van der Waals surface area contributed by atoms with Crippen molar-refractivity contribution in [3.63, 3.8) is 0 Å². The zero-order chi connectivity index (χ0) is 28.3. The summed E-state index contributed by atoms with van der Waals surface area (Å²) < 4.78 is 7.02. The van der Waals surface area contributed by atoms with E-state index in [9.17, 15) is 14.4 Å². The fraction of sp³-hybridized carbons (Fsp3) is 0.593. The van der Waals surface area contributed by atoms with Gasteiger partial charge in [0.2, 0.25) is 11.8 Å². The lowest BCUT2D eigenvalue weighted by Gasteiger charge is -2.34. The topological polar surface area (TPSA) is 118 Å². The first-order valence-corrected chi connectivity index (χ1v) is 13.3. The van der Waals surface area contributed by atoms with E-state index >= 15 is 0 Å². The molecule has 1 aliphatic rings. The quantitative estimate of drug-likeness (QED) is 0.536. The molecule has 11 heteroatoms. The highest BCUT2D eigenvalue weighted by Crippen LogP contribution is 2.29. The number of hydrogen-bond donors (Lipinski definition) is 2. The average Bonchev–Trinajstić information content (AvgIpc) is 3.44. The second-order valence-electron chi connectivity index (χ2n) is 12.0. The fourth-order valence-corrected chi connectivity index (χ4v) is 4.80. The number of nitrogens with one attached hydrogen (secondary N) is 2. The largest absolute Gasteiger partial charge is 0.444 e. The highest BCUT2D eigenvalue weighted by atomic mass is 35.5. The number of amides is 3. The third kappa shape index (κ3) is 7.93. The number of ether oxygens (including phenoxy) is 1. The molecule has 2 heterocycles. The second-order valence-corrected chi connectivity index (χ2v) is 12.4. The molecule has 3 atom stereocenters. The molecule has 3 rings (SSSR count). The van der Waals surface area contributed by atoms with E-state index in [0.29, 0.717) is 24.3 Å². The van der Waals surface area contributed by atoms with E-state index in [2.05, 4.69) is 20.7 Å². The molecule has 1 aromatic carbocycles. The minimum Gasteiger partial charge on any atom is -0.444 e. The Morgan fingerprint density at radius 3 is 2.47 bits per heavy atom. The molecule has 1 fully saturated rings. The predicted molar refractivity (Wildman–Crippen MR) is 145 cm³/mol. The third-order valence-corrected chi connectivity index (χ3v) is 6.43. The van der Waals surface area contributed by atoms with E-state index in [1.54, 1.807) is 48.8 Å². The van der Waals surface area contributed by atoms with Crippen molar-refractivity contribution >= 4 is 29.5 Å². The van der Waals surface area contributed by atoms with E-state index in [1.165, 1.54) is 6.33 Å². The molecule has 1 aliphatic heterocycles. The van der Waals surface area contributed by atoms with Crippen LogP contribution in [0.15, 0.2) is 30.9 Å². The Hall–Kier alpha value is -3.14. The van der Waals surface area contributed by atoms with Gasteiger partial charge < -0.3 is 20.3 Å². The molecule has 0 saturated carbocycles. The van der Waals surface area contributed by atoms with Gasteiger partial charge in [-0.05, 0) is 76.1 Å². The molecular weight excluding hydrogens is 508 g/mol. The number of carbonyl (C=O) groups is 3. The Balaban J connectivity index is 1.77. The van der Waals surface area contributed by atoms with Crippen LogP contribution in [0, 0.1) is 5.41 Å². The zero-order valence-corrected chi connectivity index (χ0v) is 24.0. The second kappa shape index (κ2) is 11.7. The SMILES string of the molecule is CC1CC[C@@H](C(=O)NCc2cc(Cl)ccc2-n2cncn2)N1C(=O)[C@@H](CC(C)(C)C)NC(=O)OC(C)(C)C. The van der Waals surface area contributed by atoms with Gasteiger partial charge in [0.25, 0.3) is 0 Å². The van der Waals surface area contributed by atoms with Crippen LogP contribution in [0.25, 0.3) is 5.69 Å². The Labute approximate surface area is 229 Å². The van der Waals surface area contributed by atoms with Gasteiger partial charge in [0.15, 0.2) is 0 Å². The molecular formula is C27H39ClN6O4. The van der Waals surface area contributed by atoms with Gasteiger partial charge in [-0.2, -0.15) is 5.10 Å². The average molecular weight is 547 g/mol. The van der Waals surface area contributed by atoms with Crippen LogP contribution in [0.3, 0.4) is 0 Å².